The third-order valence-corrected chi connectivity index (χ3v) is 4.31. The summed E-state index contributed by atoms with van der Waals surface area (Å²) in [5, 5.41) is 3.63. The van der Waals surface area contributed by atoms with Crippen molar-refractivity contribution in [3.8, 4) is 0 Å². The summed E-state index contributed by atoms with van der Waals surface area (Å²) in [7, 11) is 0. The van der Waals surface area contributed by atoms with Crippen LogP contribution in [-0.4, -0.2) is 49.8 Å². The Morgan fingerprint density at radius 1 is 1.43 bits per heavy atom. The molecule has 0 saturated carbocycles. The molecule has 0 amide bonds. The summed E-state index contributed by atoms with van der Waals surface area (Å²) < 4.78 is 5.83. The van der Waals surface area contributed by atoms with Gasteiger partial charge >= 0.3 is 0 Å². The summed E-state index contributed by atoms with van der Waals surface area (Å²) in [4.78, 5) is 2.47. The normalized spacial score (nSPS) is 21.4. The smallest absolute Gasteiger partial charge is 0.0826 e. The number of likely N-dealkylation sites (N-methyl/N-ethyl adjacent to an activating group) is 1. The molecule has 0 bridgehead atoms. The molecule has 0 spiro atoms. The Kier molecular flexibility index (Phi) is 6.68. The maximum absolute atomic E-state index is 5.83. The zero-order valence-corrected chi connectivity index (χ0v) is 13.8. The van der Waals surface area contributed by atoms with Crippen LogP contribution in [0.3, 0.4) is 0 Å². The molecule has 1 saturated heterocycles. The first-order valence-corrected chi connectivity index (χ1v) is 8.30. The zero-order valence-electron chi connectivity index (χ0n) is 13.8. The van der Waals surface area contributed by atoms with Crippen LogP contribution in [0.4, 0.5) is 0 Å². The number of morpholine rings is 1. The Hall–Kier alpha value is -0.900. The summed E-state index contributed by atoms with van der Waals surface area (Å²) >= 11 is 0. The van der Waals surface area contributed by atoms with Gasteiger partial charge in [-0.05, 0) is 38.8 Å². The van der Waals surface area contributed by atoms with Gasteiger partial charge in [-0.3, -0.25) is 4.90 Å². The van der Waals surface area contributed by atoms with Gasteiger partial charge in [0.05, 0.1) is 12.7 Å². The lowest BCUT2D eigenvalue weighted by Crippen LogP contribution is -2.47. The Labute approximate surface area is 129 Å². The standard InChI is InChI=1S/C18H30N2O/c1-4-20-10-11-21-18(14-20)13-19-16(3)8-9-17-7-5-6-15(2)12-17/h5-7,12,16,18-19H,4,8-11,13-14H2,1-3H3. The molecule has 2 unspecified atom stereocenters. The van der Waals surface area contributed by atoms with Gasteiger partial charge in [0.15, 0.2) is 0 Å². The van der Waals surface area contributed by atoms with E-state index >= 15 is 0 Å². The van der Waals surface area contributed by atoms with Gasteiger partial charge in [0.2, 0.25) is 0 Å². The molecular formula is C18H30N2O. The highest BCUT2D eigenvalue weighted by molar-refractivity contribution is 5.22. The maximum Gasteiger partial charge on any atom is 0.0826 e. The molecule has 1 N–H and O–H groups in total. The Morgan fingerprint density at radius 2 is 2.29 bits per heavy atom. The van der Waals surface area contributed by atoms with Gasteiger partial charge in [-0.1, -0.05) is 36.8 Å². The fourth-order valence-corrected chi connectivity index (χ4v) is 2.88. The van der Waals surface area contributed by atoms with E-state index in [1.165, 1.54) is 17.5 Å². The van der Waals surface area contributed by atoms with Crippen molar-refractivity contribution in [1.29, 1.82) is 0 Å². The summed E-state index contributed by atoms with van der Waals surface area (Å²) in [6.07, 6.45) is 2.66. The van der Waals surface area contributed by atoms with Gasteiger partial charge in [0.1, 0.15) is 0 Å². The van der Waals surface area contributed by atoms with Crippen LogP contribution in [-0.2, 0) is 11.2 Å². The maximum atomic E-state index is 5.83. The molecule has 0 radical (unpaired) electrons. The zero-order chi connectivity index (χ0) is 15.1. The largest absolute Gasteiger partial charge is 0.374 e. The molecular weight excluding hydrogens is 260 g/mol. The van der Waals surface area contributed by atoms with E-state index in [2.05, 4.69) is 55.3 Å². The number of nitrogens with zero attached hydrogens (tertiary/aromatic N) is 1. The molecule has 3 nitrogen and oxygen atoms in total. The van der Waals surface area contributed by atoms with Crippen LogP contribution in [0.1, 0.15) is 31.4 Å². The van der Waals surface area contributed by atoms with Crippen LogP contribution < -0.4 is 5.32 Å². The van der Waals surface area contributed by atoms with Gasteiger partial charge in [-0.25, -0.2) is 0 Å². The minimum atomic E-state index is 0.347. The van der Waals surface area contributed by atoms with E-state index in [1.54, 1.807) is 0 Å². The minimum Gasteiger partial charge on any atom is -0.374 e. The molecule has 21 heavy (non-hydrogen) atoms. The molecule has 1 aliphatic heterocycles. The minimum absolute atomic E-state index is 0.347. The molecule has 1 fully saturated rings. The second kappa shape index (κ2) is 8.52. The van der Waals surface area contributed by atoms with Gasteiger partial charge < -0.3 is 10.1 Å². The summed E-state index contributed by atoms with van der Waals surface area (Å²) in [6.45, 7) is 11.8. The van der Waals surface area contributed by atoms with Crippen LogP contribution in [0, 0.1) is 6.92 Å². The van der Waals surface area contributed by atoms with Crippen molar-refractivity contribution in [2.45, 2.75) is 45.8 Å². The predicted molar refractivity (Wildman–Crippen MR) is 88.8 cm³/mol. The van der Waals surface area contributed by atoms with E-state index in [-0.39, 0.29) is 0 Å². The summed E-state index contributed by atoms with van der Waals surface area (Å²) in [5.74, 6) is 0. The van der Waals surface area contributed by atoms with E-state index in [1.807, 2.05) is 0 Å². The van der Waals surface area contributed by atoms with Crippen molar-refractivity contribution in [2.75, 3.05) is 32.8 Å². The number of benzene rings is 1. The molecule has 2 rings (SSSR count). The molecule has 1 heterocycles. The molecule has 2 atom stereocenters. The van der Waals surface area contributed by atoms with Gasteiger partial charge in [0.25, 0.3) is 0 Å². The van der Waals surface area contributed by atoms with Crippen LogP contribution in [0.2, 0.25) is 0 Å². The van der Waals surface area contributed by atoms with E-state index < -0.39 is 0 Å². The highest BCUT2D eigenvalue weighted by Gasteiger charge is 2.19. The van der Waals surface area contributed by atoms with Crippen molar-refractivity contribution in [3.05, 3.63) is 35.4 Å². The summed E-state index contributed by atoms with van der Waals surface area (Å²) in [5.41, 5.74) is 2.79. The molecule has 1 aromatic carbocycles. The number of nitrogens with one attached hydrogen (secondary N) is 1. The quantitative estimate of drug-likeness (QED) is 0.835. The van der Waals surface area contributed by atoms with E-state index in [0.717, 1.165) is 39.2 Å². The average Bonchev–Trinajstić information content (AvgIpc) is 2.51. The second-order valence-corrected chi connectivity index (χ2v) is 6.22. The first-order valence-electron chi connectivity index (χ1n) is 8.30. The fourth-order valence-electron chi connectivity index (χ4n) is 2.88. The van der Waals surface area contributed by atoms with Gasteiger partial charge in [0, 0.05) is 25.7 Å². The Morgan fingerprint density at radius 3 is 3.05 bits per heavy atom. The first-order chi connectivity index (χ1) is 10.2. The topological polar surface area (TPSA) is 24.5 Å². The summed E-state index contributed by atoms with van der Waals surface area (Å²) in [6, 6.07) is 9.36. The third kappa shape index (κ3) is 5.77. The Bertz CT molecular complexity index is 421. The van der Waals surface area contributed by atoms with Crippen molar-refractivity contribution < 1.29 is 4.74 Å². The van der Waals surface area contributed by atoms with Crippen LogP contribution >= 0.6 is 0 Å². The highest BCUT2D eigenvalue weighted by Crippen LogP contribution is 2.09. The van der Waals surface area contributed by atoms with Crippen molar-refractivity contribution in [2.24, 2.45) is 0 Å². The molecule has 118 valence electrons. The fraction of sp³-hybridized carbons (Fsp3) is 0.667. The number of rotatable bonds is 7. The van der Waals surface area contributed by atoms with Crippen LogP contribution in [0.5, 0.6) is 0 Å². The molecule has 0 aliphatic carbocycles. The van der Waals surface area contributed by atoms with Crippen LogP contribution in [0.25, 0.3) is 0 Å². The lowest BCUT2D eigenvalue weighted by atomic mass is 10.0. The van der Waals surface area contributed by atoms with Gasteiger partial charge in [-0.2, -0.15) is 0 Å². The lowest BCUT2D eigenvalue weighted by Gasteiger charge is -2.32. The Balaban J connectivity index is 1.66. The average molecular weight is 290 g/mol. The van der Waals surface area contributed by atoms with E-state index in [4.69, 9.17) is 4.74 Å². The van der Waals surface area contributed by atoms with Crippen molar-refractivity contribution in [3.63, 3.8) is 0 Å². The number of ether oxygens (including phenoxy) is 1. The van der Waals surface area contributed by atoms with Crippen molar-refractivity contribution >= 4 is 0 Å². The monoisotopic (exact) mass is 290 g/mol. The molecule has 3 heteroatoms. The number of hydrogen-bond acceptors (Lipinski definition) is 3. The molecule has 1 aromatic rings. The second-order valence-electron chi connectivity index (χ2n) is 6.22. The molecule has 1 aliphatic rings. The third-order valence-electron chi connectivity index (χ3n) is 4.31. The van der Waals surface area contributed by atoms with E-state index in [0.29, 0.717) is 12.1 Å². The van der Waals surface area contributed by atoms with Crippen LogP contribution in [0.15, 0.2) is 24.3 Å². The van der Waals surface area contributed by atoms with Gasteiger partial charge in [-0.15, -0.1) is 0 Å². The predicted octanol–water partition coefficient (Wildman–Crippen LogP) is 2.63. The van der Waals surface area contributed by atoms with Crippen molar-refractivity contribution in [1.82, 2.24) is 10.2 Å². The highest BCUT2D eigenvalue weighted by atomic mass is 16.5. The SMILES string of the molecule is CCN1CCOC(CNC(C)CCc2cccc(C)c2)C1. The number of hydrogen-bond donors (Lipinski definition) is 1. The molecule has 0 aromatic heterocycles. The first kappa shape index (κ1) is 16.5. The number of aryl methyl sites for hydroxylation is 2. The lowest BCUT2D eigenvalue weighted by molar-refractivity contribution is -0.0262. The van der Waals surface area contributed by atoms with E-state index in [9.17, 15) is 0 Å².